The maximum Gasteiger partial charge on any atom is 0.0414 e. The van der Waals surface area contributed by atoms with Crippen LogP contribution in [-0.2, 0) is 12.8 Å². The lowest BCUT2D eigenvalue weighted by molar-refractivity contribution is 0.764. The van der Waals surface area contributed by atoms with E-state index in [0.29, 0.717) is 0 Å². The maximum absolute atomic E-state index is 4.53. The van der Waals surface area contributed by atoms with Gasteiger partial charge in [-0.05, 0) is 42.2 Å². The summed E-state index contributed by atoms with van der Waals surface area (Å²) in [6, 6.07) is 0. The van der Waals surface area contributed by atoms with Gasteiger partial charge in [0.1, 0.15) is 0 Å². The molecule has 0 aliphatic heterocycles. The molecular formula is C12H19PS. The minimum atomic E-state index is 1.22. The van der Waals surface area contributed by atoms with Crippen molar-refractivity contribution in [1.29, 1.82) is 0 Å². The van der Waals surface area contributed by atoms with Crippen molar-refractivity contribution in [3.8, 4) is 0 Å². The van der Waals surface area contributed by atoms with Crippen LogP contribution in [-0.4, -0.2) is 0 Å². The first-order valence-corrected chi connectivity index (χ1v) is 6.90. The standard InChI is InChI=1S/C12H19PS/c1-3-5-7-10-9-14-12(13)11(10)8-6-4-2/h9H,3-8H2,1-2H3. The second-order valence-corrected chi connectivity index (χ2v) is 5.38. The number of aryl methyl sites for hydroxylation is 1. The van der Waals surface area contributed by atoms with Gasteiger partial charge in [0.25, 0.3) is 0 Å². The average Bonchev–Trinajstić information content (AvgIpc) is 2.53. The topological polar surface area (TPSA) is 0 Å². The Morgan fingerprint density at radius 2 is 1.79 bits per heavy atom. The summed E-state index contributed by atoms with van der Waals surface area (Å²) in [6.45, 7) is 4.50. The highest BCUT2D eigenvalue weighted by atomic mass is 32.1. The highest BCUT2D eigenvalue weighted by Crippen LogP contribution is 2.20. The van der Waals surface area contributed by atoms with Gasteiger partial charge in [-0.1, -0.05) is 26.7 Å². The number of thiophene rings is 1. The summed E-state index contributed by atoms with van der Waals surface area (Å²) >= 11 is 1.80. The Morgan fingerprint density at radius 3 is 2.43 bits per heavy atom. The van der Waals surface area contributed by atoms with E-state index >= 15 is 0 Å². The third-order valence-corrected chi connectivity index (χ3v) is 4.00. The van der Waals surface area contributed by atoms with Crippen LogP contribution in [0.1, 0.15) is 50.7 Å². The van der Waals surface area contributed by atoms with Crippen LogP contribution in [0.4, 0.5) is 0 Å². The highest BCUT2D eigenvalue weighted by molar-refractivity contribution is 7.43. The number of unbranched alkanes of at least 4 members (excludes halogenated alkanes) is 2. The minimum Gasteiger partial charge on any atom is -0.143 e. The Labute approximate surface area is 94.3 Å². The molecule has 2 heteroatoms. The lowest BCUT2D eigenvalue weighted by atomic mass is 10.0. The summed E-state index contributed by atoms with van der Waals surface area (Å²) in [6.07, 6.45) is 7.62. The number of rotatable bonds is 6. The molecule has 0 saturated heterocycles. The second-order valence-electron chi connectivity index (χ2n) is 3.75. The van der Waals surface area contributed by atoms with Crippen molar-refractivity contribution in [2.24, 2.45) is 0 Å². The van der Waals surface area contributed by atoms with Crippen LogP contribution >= 0.6 is 20.6 Å². The molecule has 0 nitrogen and oxygen atoms in total. The van der Waals surface area contributed by atoms with Gasteiger partial charge < -0.3 is 0 Å². The van der Waals surface area contributed by atoms with Crippen molar-refractivity contribution in [3.63, 3.8) is 0 Å². The van der Waals surface area contributed by atoms with Crippen molar-refractivity contribution < 1.29 is 0 Å². The van der Waals surface area contributed by atoms with Crippen LogP contribution in [0.15, 0.2) is 5.38 Å². The highest BCUT2D eigenvalue weighted by Gasteiger charge is 2.07. The van der Waals surface area contributed by atoms with Gasteiger partial charge in [-0.2, -0.15) is 0 Å². The Bertz CT molecular complexity index is 265. The minimum absolute atomic E-state index is 1.22. The van der Waals surface area contributed by atoms with Gasteiger partial charge in [-0.3, -0.25) is 0 Å². The molecule has 0 spiro atoms. The predicted octanol–water partition coefficient (Wildman–Crippen LogP) is 4.47. The molecule has 1 heterocycles. The zero-order chi connectivity index (χ0) is 10.4. The van der Waals surface area contributed by atoms with Crippen LogP contribution < -0.4 is 4.62 Å². The van der Waals surface area contributed by atoms with Gasteiger partial charge >= 0.3 is 0 Å². The summed E-state index contributed by atoms with van der Waals surface area (Å²) in [5.41, 5.74) is 3.07. The summed E-state index contributed by atoms with van der Waals surface area (Å²) in [4.78, 5) is 0. The molecule has 0 amide bonds. The molecule has 1 aromatic heterocycles. The Balaban J connectivity index is 2.62. The second kappa shape index (κ2) is 6.58. The zero-order valence-electron chi connectivity index (χ0n) is 9.18. The van der Waals surface area contributed by atoms with Crippen LogP contribution in [0, 0.1) is 0 Å². The van der Waals surface area contributed by atoms with Crippen molar-refractivity contribution in [2.75, 3.05) is 0 Å². The van der Waals surface area contributed by atoms with E-state index in [1.54, 1.807) is 16.9 Å². The van der Waals surface area contributed by atoms with Crippen molar-refractivity contribution in [3.05, 3.63) is 16.5 Å². The first kappa shape index (κ1) is 12.2. The van der Waals surface area contributed by atoms with Gasteiger partial charge in [0.15, 0.2) is 0 Å². The number of hydrogen-bond acceptors (Lipinski definition) is 1. The first-order valence-electron chi connectivity index (χ1n) is 5.57. The molecular weight excluding hydrogens is 207 g/mol. The molecule has 0 aliphatic rings. The zero-order valence-corrected chi connectivity index (χ0v) is 10.9. The summed E-state index contributed by atoms with van der Waals surface area (Å²) in [7, 11) is 4.53. The molecule has 1 rings (SSSR count). The van der Waals surface area contributed by atoms with Gasteiger partial charge in [0.05, 0.1) is 0 Å². The van der Waals surface area contributed by atoms with Gasteiger partial charge in [-0.25, -0.2) is 0 Å². The molecule has 0 unspecified atom stereocenters. The van der Waals surface area contributed by atoms with Gasteiger partial charge in [-0.15, -0.1) is 11.3 Å². The summed E-state index contributed by atoms with van der Waals surface area (Å²) < 4.78 is 1.24. The fourth-order valence-electron chi connectivity index (χ4n) is 1.60. The van der Waals surface area contributed by atoms with E-state index in [9.17, 15) is 0 Å². The van der Waals surface area contributed by atoms with E-state index < -0.39 is 0 Å². The predicted molar refractivity (Wildman–Crippen MR) is 68.1 cm³/mol. The lowest BCUT2D eigenvalue weighted by Crippen LogP contribution is -1.99. The van der Waals surface area contributed by atoms with Crippen LogP contribution in [0.3, 0.4) is 0 Å². The van der Waals surface area contributed by atoms with E-state index in [2.05, 4.69) is 28.5 Å². The molecule has 14 heavy (non-hydrogen) atoms. The Kier molecular flexibility index (Phi) is 5.74. The molecule has 0 bridgehead atoms. The van der Waals surface area contributed by atoms with E-state index in [0.717, 1.165) is 0 Å². The van der Waals surface area contributed by atoms with Crippen LogP contribution in [0.5, 0.6) is 0 Å². The molecule has 2 radical (unpaired) electrons. The quantitative estimate of drug-likeness (QED) is 0.628. The molecule has 0 saturated carbocycles. The normalized spacial score (nSPS) is 10.8. The van der Waals surface area contributed by atoms with E-state index in [4.69, 9.17) is 0 Å². The third-order valence-electron chi connectivity index (χ3n) is 2.54. The Morgan fingerprint density at radius 1 is 1.14 bits per heavy atom. The number of hydrogen-bond donors (Lipinski definition) is 0. The first-order chi connectivity index (χ1) is 6.79. The van der Waals surface area contributed by atoms with Gasteiger partial charge in [0.2, 0.25) is 0 Å². The maximum atomic E-state index is 4.53. The smallest absolute Gasteiger partial charge is 0.0414 e. The van der Waals surface area contributed by atoms with E-state index in [1.807, 2.05) is 0 Å². The molecule has 0 N–H and O–H groups in total. The van der Waals surface area contributed by atoms with Crippen LogP contribution in [0.25, 0.3) is 0 Å². The summed E-state index contributed by atoms with van der Waals surface area (Å²) in [5.74, 6) is 0. The molecule has 1 aromatic rings. The SMILES string of the molecule is CCCCc1csc([P])c1CCCC. The van der Waals surface area contributed by atoms with E-state index in [-0.39, 0.29) is 0 Å². The molecule has 0 aromatic carbocycles. The fraction of sp³-hybridized carbons (Fsp3) is 0.667. The van der Waals surface area contributed by atoms with Crippen molar-refractivity contribution in [1.82, 2.24) is 0 Å². The molecule has 0 aliphatic carbocycles. The summed E-state index contributed by atoms with van der Waals surface area (Å²) in [5, 5.41) is 2.29. The molecule has 0 atom stereocenters. The molecule has 78 valence electrons. The van der Waals surface area contributed by atoms with E-state index in [1.165, 1.54) is 48.7 Å². The lowest BCUT2D eigenvalue weighted by Gasteiger charge is -2.03. The van der Waals surface area contributed by atoms with Gasteiger partial charge in [0, 0.05) is 13.9 Å². The largest absolute Gasteiger partial charge is 0.143 e. The Hall–Kier alpha value is 0.130. The third kappa shape index (κ3) is 3.37. The average molecular weight is 226 g/mol. The molecule has 0 fully saturated rings. The fourth-order valence-corrected chi connectivity index (χ4v) is 2.91. The van der Waals surface area contributed by atoms with Crippen molar-refractivity contribution in [2.45, 2.75) is 52.4 Å². The van der Waals surface area contributed by atoms with Crippen molar-refractivity contribution >= 4 is 25.2 Å². The van der Waals surface area contributed by atoms with Crippen LogP contribution in [0.2, 0.25) is 0 Å². The monoisotopic (exact) mass is 226 g/mol.